The number of hydrogen-bond donors (Lipinski definition) is 0. The lowest BCUT2D eigenvalue weighted by Gasteiger charge is -2.19. The fourth-order valence-corrected chi connectivity index (χ4v) is 8.93. The molecule has 8 aromatic carbocycles. The van der Waals surface area contributed by atoms with Crippen molar-refractivity contribution in [3.05, 3.63) is 188 Å². The lowest BCUT2D eigenvalue weighted by atomic mass is 9.93. The summed E-state index contributed by atoms with van der Waals surface area (Å²) in [5.74, 6) is 0. The number of para-hydroxylation sites is 2. The Labute approximate surface area is 295 Å². The Morgan fingerprint density at radius 1 is 0.320 bits per heavy atom. The Kier molecular flexibility index (Phi) is 6.75. The molecule has 0 spiro atoms. The summed E-state index contributed by atoms with van der Waals surface area (Å²) < 4.78 is 5.19. The van der Waals surface area contributed by atoms with Gasteiger partial charge in [-0.3, -0.25) is 0 Å². The molecule has 0 aliphatic carbocycles. The Morgan fingerprint density at radius 3 is 1.44 bits per heavy atom. The molecule has 0 unspecified atom stereocenters. The fraction of sp³-hybridized carbons (Fsp3) is 0. The monoisotopic (exact) mass is 653 g/mol. The highest BCUT2D eigenvalue weighted by molar-refractivity contribution is 7.26. The minimum Gasteiger partial charge on any atom is -0.308 e. The molecule has 2 heteroatoms. The van der Waals surface area contributed by atoms with Crippen molar-refractivity contribution in [3.8, 4) is 50.2 Å². The van der Waals surface area contributed by atoms with Crippen LogP contribution in [0.25, 0.3) is 92.2 Å². The van der Waals surface area contributed by atoms with Crippen molar-refractivity contribution in [3.63, 3.8) is 0 Å². The van der Waals surface area contributed by atoms with Crippen LogP contribution in [-0.2, 0) is 0 Å². The molecule has 0 amide bonds. The summed E-state index contributed by atoms with van der Waals surface area (Å²) in [6, 6.07) is 68.5. The Morgan fingerprint density at radius 2 is 0.820 bits per heavy atom. The van der Waals surface area contributed by atoms with Crippen molar-refractivity contribution < 1.29 is 0 Å². The number of rotatable bonds is 5. The quantitative estimate of drug-likeness (QED) is 0.174. The first-order valence-electron chi connectivity index (χ1n) is 17.1. The smallest absolute Gasteiger partial charge is 0.0618 e. The molecule has 0 saturated carbocycles. The van der Waals surface area contributed by atoms with Gasteiger partial charge in [-0.25, -0.2) is 0 Å². The molecule has 0 aliphatic rings. The standard InChI is InChI=1S/C48H31NS/c1-3-12-32(13-4-1)34-22-26-36(27-23-34)38-18-11-19-39(37-28-24-35(25-29-37)33-14-5-2-6-15-33)47(38)49-43-20-9-7-17-42(43)46-44(49)31-30-41-40-16-8-10-21-45(40)50-48(41)46/h1-31H. The molecule has 234 valence electrons. The van der Waals surface area contributed by atoms with Crippen molar-refractivity contribution in [1.29, 1.82) is 0 Å². The van der Waals surface area contributed by atoms with E-state index in [0.717, 1.165) is 0 Å². The highest BCUT2D eigenvalue weighted by Crippen LogP contribution is 2.46. The van der Waals surface area contributed by atoms with Crippen LogP contribution in [0, 0.1) is 0 Å². The normalized spacial score (nSPS) is 11.6. The third kappa shape index (κ3) is 4.61. The average molecular weight is 654 g/mol. The first kappa shape index (κ1) is 28.8. The SMILES string of the molecule is c1ccc(-c2ccc(-c3cccc(-c4ccc(-c5ccccc5)cc4)c3-n3c4ccccc4c4c5sc6ccccc6c5ccc43)cc2)cc1. The molecule has 0 radical (unpaired) electrons. The zero-order valence-corrected chi connectivity index (χ0v) is 28.1. The number of nitrogens with zero attached hydrogens (tertiary/aromatic N) is 1. The van der Waals surface area contributed by atoms with Gasteiger partial charge in [0.05, 0.1) is 16.7 Å². The number of aromatic nitrogens is 1. The van der Waals surface area contributed by atoms with Gasteiger partial charge in [0.1, 0.15) is 0 Å². The third-order valence-electron chi connectivity index (χ3n) is 10.0. The summed E-state index contributed by atoms with van der Waals surface area (Å²) in [5, 5.41) is 5.24. The van der Waals surface area contributed by atoms with E-state index in [4.69, 9.17) is 0 Å². The maximum Gasteiger partial charge on any atom is 0.0618 e. The van der Waals surface area contributed by atoms with Crippen LogP contribution in [0.2, 0.25) is 0 Å². The molecule has 10 aromatic rings. The number of thiophene rings is 1. The molecule has 0 saturated heterocycles. The van der Waals surface area contributed by atoms with Gasteiger partial charge in [0, 0.05) is 42.1 Å². The van der Waals surface area contributed by atoms with Crippen LogP contribution in [0.5, 0.6) is 0 Å². The number of hydrogen-bond acceptors (Lipinski definition) is 1. The molecule has 0 bridgehead atoms. The molecule has 0 atom stereocenters. The van der Waals surface area contributed by atoms with E-state index < -0.39 is 0 Å². The summed E-state index contributed by atoms with van der Waals surface area (Å²) >= 11 is 1.90. The van der Waals surface area contributed by atoms with E-state index in [9.17, 15) is 0 Å². The van der Waals surface area contributed by atoms with Crippen molar-refractivity contribution in [2.45, 2.75) is 0 Å². The van der Waals surface area contributed by atoms with Crippen LogP contribution < -0.4 is 0 Å². The summed E-state index contributed by atoms with van der Waals surface area (Å²) in [7, 11) is 0. The fourth-order valence-electron chi connectivity index (χ4n) is 7.67. The van der Waals surface area contributed by atoms with Gasteiger partial charge >= 0.3 is 0 Å². The van der Waals surface area contributed by atoms with E-state index in [1.54, 1.807) is 0 Å². The lowest BCUT2D eigenvalue weighted by molar-refractivity contribution is 1.18. The van der Waals surface area contributed by atoms with Crippen molar-refractivity contribution in [2.75, 3.05) is 0 Å². The molecule has 50 heavy (non-hydrogen) atoms. The zero-order chi connectivity index (χ0) is 33.0. The predicted octanol–water partition coefficient (Wildman–Crippen LogP) is 13.8. The predicted molar refractivity (Wildman–Crippen MR) is 215 cm³/mol. The maximum atomic E-state index is 2.52. The van der Waals surface area contributed by atoms with Crippen LogP contribution in [0.3, 0.4) is 0 Å². The van der Waals surface area contributed by atoms with Gasteiger partial charge in [0.25, 0.3) is 0 Å². The first-order chi connectivity index (χ1) is 24.8. The molecule has 2 heterocycles. The molecule has 0 aliphatic heterocycles. The molecule has 0 N–H and O–H groups in total. The topological polar surface area (TPSA) is 4.93 Å². The van der Waals surface area contributed by atoms with Crippen LogP contribution in [0.1, 0.15) is 0 Å². The van der Waals surface area contributed by atoms with Crippen molar-refractivity contribution in [1.82, 2.24) is 4.57 Å². The molecule has 2 aromatic heterocycles. The summed E-state index contributed by atoms with van der Waals surface area (Å²) in [5.41, 5.74) is 13.3. The minimum atomic E-state index is 1.19. The number of benzene rings is 8. The van der Waals surface area contributed by atoms with E-state index in [1.165, 1.54) is 92.2 Å². The van der Waals surface area contributed by atoms with Crippen LogP contribution >= 0.6 is 11.3 Å². The van der Waals surface area contributed by atoms with Gasteiger partial charge in [-0.05, 0) is 51.6 Å². The second kappa shape index (κ2) is 11.7. The molecular formula is C48H31NS. The lowest BCUT2D eigenvalue weighted by Crippen LogP contribution is -2.00. The zero-order valence-electron chi connectivity index (χ0n) is 27.3. The van der Waals surface area contributed by atoms with Gasteiger partial charge in [0.15, 0.2) is 0 Å². The second-order valence-electron chi connectivity index (χ2n) is 12.9. The highest BCUT2D eigenvalue weighted by atomic mass is 32.1. The first-order valence-corrected chi connectivity index (χ1v) is 17.9. The second-order valence-corrected chi connectivity index (χ2v) is 13.9. The third-order valence-corrected chi connectivity index (χ3v) is 11.2. The van der Waals surface area contributed by atoms with Crippen molar-refractivity contribution >= 4 is 53.3 Å². The Balaban J connectivity index is 1.26. The largest absolute Gasteiger partial charge is 0.308 e. The van der Waals surface area contributed by atoms with Crippen molar-refractivity contribution in [2.24, 2.45) is 0 Å². The average Bonchev–Trinajstić information content (AvgIpc) is 3.74. The van der Waals surface area contributed by atoms with Crippen LogP contribution in [-0.4, -0.2) is 4.57 Å². The van der Waals surface area contributed by atoms with Gasteiger partial charge in [-0.2, -0.15) is 0 Å². The van der Waals surface area contributed by atoms with E-state index in [0.29, 0.717) is 0 Å². The van der Waals surface area contributed by atoms with Gasteiger partial charge in [0.2, 0.25) is 0 Å². The summed E-state index contributed by atoms with van der Waals surface area (Å²) in [6.07, 6.45) is 0. The highest BCUT2D eigenvalue weighted by Gasteiger charge is 2.22. The van der Waals surface area contributed by atoms with E-state index in [-0.39, 0.29) is 0 Å². The Bertz CT molecular complexity index is 2720. The summed E-state index contributed by atoms with van der Waals surface area (Å²) in [6.45, 7) is 0. The van der Waals surface area contributed by atoms with Crippen LogP contribution in [0.15, 0.2) is 188 Å². The maximum absolute atomic E-state index is 2.52. The molecule has 10 rings (SSSR count). The van der Waals surface area contributed by atoms with Crippen LogP contribution in [0.4, 0.5) is 0 Å². The molecule has 0 fully saturated rings. The summed E-state index contributed by atoms with van der Waals surface area (Å²) in [4.78, 5) is 0. The minimum absolute atomic E-state index is 1.19. The van der Waals surface area contributed by atoms with E-state index in [2.05, 4.69) is 193 Å². The molecular weight excluding hydrogens is 623 g/mol. The molecule has 1 nitrogen and oxygen atoms in total. The Hall–Kier alpha value is -6.22. The van der Waals surface area contributed by atoms with Gasteiger partial charge in [-0.15, -0.1) is 11.3 Å². The number of fused-ring (bicyclic) bond motifs is 7. The van der Waals surface area contributed by atoms with E-state index >= 15 is 0 Å². The van der Waals surface area contributed by atoms with Gasteiger partial charge < -0.3 is 4.57 Å². The van der Waals surface area contributed by atoms with Gasteiger partial charge in [-0.1, -0.05) is 170 Å². The van der Waals surface area contributed by atoms with E-state index in [1.807, 2.05) is 11.3 Å².